The Morgan fingerprint density at radius 2 is 2.09 bits per heavy atom. The van der Waals surface area contributed by atoms with E-state index in [4.69, 9.17) is 4.74 Å². The zero-order chi connectivity index (χ0) is 22.1. The normalized spacial score (nSPS) is 27.5. The molecular formula is C25H26N3O3S. The largest absolute Gasteiger partial charge is 0.393 e. The van der Waals surface area contributed by atoms with E-state index in [1.165, 1.54) is 17.7 Å². The van der Waals surface area contributed by atoms with Gasteiger partial charge >= 0.3 is 0 Å². The first-order chi connectivity index (χ1) is 15.6. The van der Waals surface area contributed by atoms with Crippen LogP contribution in [0.2, 0.25) is 0 Å². The van der Waals surface area contributed by atoms with Gasteiger partial charge in [-0.3, -0.25) is 4.79 Å². The van der Waals surface area contributed by atoms with Crippen LogP contribution < -0.4 is 5.32 Å². The lowest BCUT2D eigenvalue weighted by Gasteiger charge is -2.28. The third-order valence-corrected chi connectivity index (χ3v) is 7.44. The fourth-order valence-corrected chi connectivity index (χ4v) is 5.72. The van der Waals surface area contributed by atoms with E-state index in [1.54, 1.807) is 6.20 Å². The van der Waals surface area contributed by atoms with Crippen LogP contribution in [0, 0.1) is 12.8 Å². The van der Waals surface area contributed by atoms with E-state index in [1.807, 2.05) is 29.6 Å². The Balaban J connectivity index is 1.42. The van der Waals surface area contributed by atoms with Crippen molar-refractivity contribution in [3.8, 4) is 0 Å². The van der Waals surface area contributed by atoms with Crippen LogP contribution in [0.4, 0.5) is 5.82 Å². The van der Waals surface area contributed by atoms with Crippen molar-refractivity contribution in [2.45, 2.75) is 43.4 Å². The van der Waals surface area contributed by atoms with Crippen molar-refractivity contribution in [3.05, 3.63) is 82.8 Å². The second-order valence-corrected chi connectivity index (χ2v) is 9.51. The lowest BCUT2D eigenvalue weighted by molar-refractivity contribution is 0.0363. The molecule has 7 heteroatoms. The molecule has 0 unspecified atom stereocenters. The van der Waals surface area contributed by atoms with Crippen LogP contribution in [-0.4, -0.2) is 39.6 Å². The van der Waals surface area contributed by atoms with Crippen LogP contribution in [0.5, 0.6) is 0 Å². The van der Waals surface area contributed by atoms with Gasteiger partial charge in [0.15, 0.2) is 0 Å². The number of ketones is 1. The van der Waals surface area contributed by atoms with Gasteiger partial charge in [-0.15, -0.1) is 11.3 Å². The first-order valence-corrected chi connectivity index (χ1v) is 11.9. The van der Waals surface area contributed by atoms with Gasteiger partial charge in [0.2, 0.25) is 5.78 Å². The zero-order valence-electron chi connectivity index (χ0n) is 17.7. The van der Waals surface area contributed by atoms with E-state index in [0.29, 0.717) is 29.3 Å². The van der Waals surface area contributed by atoms with Crippen molar-refractivity contribution in [2.75, 3.05) is 11.9 Å². The third-order valence-electron chi connectivity index (χ3n) is 6.51. The first-order valence-electron chi connectivity index (χ1n) is 11.0. The molecule has 6 nitrogen and oxygen atoms in total. The minimum Gasteiger partial charge on any atom is -0.393 e. The number of hydrogen-bond acceptors (Lipinski definition) is 7. The van der Waals surface area contributed by atoms with Gasteiger partial charge < -0.3 is 15.2 Å². The smallest absolute Gasteiger partial charge is 0.208 e. The summed E-state index contributed by atoms with van der Waals surface area (Å²) in [4.78, 5) is 22.5. The summed E-state index contributed by atoms with van der Waals surface area (Å²) in [6.45, 7) is 4.69. The maximum atomic E-state index is 13.4. The average molecular weight is 449 g/mol. The Morgan fingerprint density at radius 3 is 2.81 bits per heavy atom. The SMILES string of the molecule is [CH2][C@@H]1C[C@@H](Nc2ncncc2C(=O)c2cc([C@]3(c4ccccc4)CCCO3)cs2)C[C@@H]1O. The standard InChI is InChI=1S/C25H26N3O3S/c1-16-10-19(12-21(16)29)28-24-20(13-26-15-27-24)23(30)22-11-18(14-32-22)25(8-5-9-31-25)17-6-3-2-4-7-17/h2-4,6-7,11,13-16,19,21,29H,1,5,8-10,12H2,(H,26,27,28)/t16-,19-,21+,25-/m1/s1. The van der Waals surface area contributed by atoms with E-state index in [-0.39, 0.29) is 17.7 Å². The van der Waals surface area contributed by atoms with E-state index in [2.05, 4.69) is 34.3 Å². The van der Waals surface area contributed by atoms with Crippen LogP contribution in [0.1, 0.15) is 52.0 Å². The fraction of sp³-hybridized carbons (Fsp3) is 0.360. The second-order valence-electron chi connectivity index (χ2n) is 8.60. The van der Waals surface area contributed by atoms with E-state index in [0.717, 1.165) is 30.4 Å². The molecule has 2 fully saturated rings. The van der Waals surface area contributed by atoms with Crippen molar-refractivity contribution < 1.29 is 14.6 Å². The lowest BCUT2D eigenvalue weighted by Crippen LogP contribution is -2.25. The molecule has 3 aromatic rings. The van der Waals surface area contributed by atoms with Gasteiger partial charge in [-0.25, -0.2) is 9.97 Å². The molecule has 1 aliphatic carbocycles. The van der Waals surface area contributed by atoms with Crippen LogP contribution in [0.15, 0.2) is 54.3 Å². The highest BCUT2D eigenvalue weighted by atomic mass is 32.1. The van der Waals surface area contributed by atoms with Crippen LogP contribution in [0.3, 0.4) is 0 Å². The van der Waals surface area contributed by atoms with Crippen molar-refractivity contribution in [3.63, 3.8) is 0 Å². The molecule has 0 amide bonds. The number of rotatable bonds is 6. The third kappa shape index (κ3) is 3.85. The summed E-state index contributed by atoms with van der Waals surface area (Å²) < 4.78 is 6.27. The van der Waals surface area contributed by atoms with Crippen LogP contribution >= 0.6 is 11.3 Å². The minimum absolute atomic E-state index is 0.0195. The Kier molecular flexibility index (Phi) is 5.80. The molecule has 1 aromatic carbocycles. The molecule has 0 spiro atoms. The fourth-order valence-electron chi connectivity index (χ4n) is 4.79. The van der Waals surface area contributed by atoms with Gasteiger partial charge in [-0.05, 0) is 61.1 Å². The molecule has 1 saturated heterocycles. The van der Waals surface area contributed by atoms with Gasteiger partial charge in [-0.2, -0.15) is 0 Å². The number of nitrogens with one attached hydrogen (secondary N) is 1. The first kappa shape index (κ1) is 21.2. The maximum absolute atomic E-state index is 13.4. The molecule has 2 N–H and O–H groups in total. The molecule has 4 atom stereocenters. The highest BCUT2D eigenvalue weighted by Gasteiger charge is 2.40. The Bertz CT molecular complexity index is 1080. The summed E-state index contributed by atoms with van der Waals surface area (Å²) >= 11 is 1.42. The molecule has 32 heavy (non-hydrogen) atoms. The number of thiophene rings is 1. The topological polar surface area (TPSA) is 84.3 Å². The summed E-state index contributed by atoms with van der Waals surface area (Å²) in [6, 6.07) is 12.2. The monoisotopic (exact) mass is 448 g/mol. The van der Waals surface area contributed by atoms with Crippen molar-refractivity contribution in [2.24, 2.45) is 5.92 Å². The number of ether oxygens (including phenoxy) is 1. The average Bonchev–Trinajstić information content (AvgIpc) is 3.56. The maximum Gasteiger partial charge on any atom is 0.208 e. The van der Waals surface area contributed by atoms with Crippen molar-refractivity contribution in [1.29, 1.82) is 0 Å². The number of aliphatic hydroxyl groups excluding tert-OH is 1. The summed E-state index contributed by atoms with van der Waals surface area (Å²) in [5.74, 6) is 0.366. The van der Waals surface area contributed by atoms with Crippen LogP contribution in [0.25, 0.3) is 0 Å². The molecule has 1 aliphatic heterocycles. The number of aliphatic hydroxyl groups is 1. The minimum atomic E-state index is -0.506. The lowest BCUT2D eigenvalue weighted by atomic mass is 9.85. The highest BCUT2D eigenvalue weighted by molar-refractivity contribution is 7.12. The number of carbonyl (C=O) groups is 1. The van der Waals surface area contributed by atoms with Gasteiger partial charge in [-0.1, -0.05) is 30.3 Å². The summed E-state index contributed by atoms with van der Waals surface area (Å²) in [7, 11) is 0. The predicted molar refractivity (Wildman–Crippen MR) is 124 cm³/mol. The van der Waals surface area contributed by atoms with E-state index < -0.39 is 11.7 Å². The number of aromatic nitrogens is 2. The van der Waals surface area contributed by atoms with Gasteiger partial charge in [0, 0.05) is 18.8 Å². The Morgan fingerprint density at radius 1 is 1.25 bits per heavy atom. The molecule has 1 saturated carbocycles. The summed E-state index contributed by atoms with van der Waals surface area (Å²) in [5, 5.41) is 15.4. The molecular weight excluding hydrogens is 422 g/mol. The molecule has 2 aromatic heterocycles. The predicted octanol–water partition coefficient (Wildman–Crippen LogP) is 4.21. The highest BCUT2D eigenvalue weighted by Crippen LogP contribution is 2.44. The van der Waals surface area contributed by atoms with Crippen molar-refractivity contribution >= 4 is 22.9 Å². The molecule has 3 heterocycles. The van der Waals surface area contributed by atoms with E-state index >= 15 is 0 Å². The number of carbonyl (C=O) groups excluding carboxylic acids is 1. The number of benzene rings is 1. The molecule has 5 rings (SSSR count). The van der Waals surface area contributed by atoms with Crippen molar-refractivity contribution in [1.82, 2.24) is 9.97 Å². The molecule has 2 aliphatic rings. The quantitative estimate of drug-likeness (QED) is 0.550. The second kappa shape index (κ2) is 8.73. The van der Waals surface area contributed by atoms with Gasteiger partial charge in [0.05, 0.1) is 16.5 Å². The van der Waals surface area contributed by atoms with Gasteiger partial charge in [0.1, 0.15) is 17.7 Å². The van der Waals surface area contributed by atoms with Gasteiger partial charge in [0.25, 0.3) is 0 Å². The summed E-state index contributed by atoms with van der Waals surface area (Å²) in [5.41, 5.74) is 2.05. The summed E-state index contributed by atoms with van der Waals surface area (Å²) in [6.07, 6.45) is 5.75. The Labute approximate surface area is 191 Å². The Hall–Kier alpha value is -2.61. The zero-order valence-corrected chi connectivity index (χ0v) is 18.6. The number of anilines is 1. The molecule has 0 bridgehead atoms. The van der Waals surface area contributed by atoms with E-state index in [9.17, 15) is 9.90 Å². The van der Waals surface area contributed by atoms with Crippen LogP contribution in [-0.2, 0) is 10.3 Å². The number of hydrogen-bond donors (Lipinski definition) is 2. The molecule has 165 valence electrons. The number of nitrogens with zero attached hydrogens (tertiary/aromatic N) is 2. The molecule has 1 radical (unpaired) electrons.